The van der Waals surface area contributed by atoms with Crippen LogP contribution in [0.5, 0.6) is 0 Å². The van der Waals surface area contributed by atoms with Crippen LogP contribution in [-0.4, -0.2) is 27.5 Å². The minimum absolute atomic E-state index is 0.327. The molecule has 0 saturated carbocycles. The normalized spacial score (nSPS) is 12.1. The third-order valence-corrected chi connectivity index (χ3v) is 3.76. The second-order valence-electron chi connectivity index (χ2n) is 5.48. The Hall–Kier alpha value is -3.15. The van der Waals surface area contributed by atoms with Crippen molar-refractivity contribution in [1.29, 1.82) is 0 Å². The Kier molecular flexibility index (Phi) is 4.04. The van der Waals surface area contributed by atoms with E-state index in [1.54, 1.807) is 12.1 Å². The first kappa shape index (κ1) is 15.7. The molecule has 6 nitrogen and oxygen atoms in total. The maximum atomic E-state index is 12.1. The average molecular weight is 323 g/mol. The van der Waals surface area contributed by atoms with Crippen LogP contribution in [0.1, 0.15) is 23.1 Å². The summed E-state index contributed by atoms with van der Waals surface area (Å²) in [5.74, 6) is -0.476. The van der Waals surface area contributed by atoms with E-state index in [0.29, 0.717) is 11.1 Å². The summed E-state index contributed by atoms with van der Waals surface area (Å²) < 4.78 is 7.03. The number of carbonyl (C=O) groups is 2. The van der Waals surface area contributed by atoms with Crippen LogP contribution in [0.25, 0.3) is 16.7 Å². The summed E-state index contributed by atoms with van der Waals surface area (Å²) in [7, 11) is 0. The van der Waals surface area contributed by atoms with Gasteiger partial charge in [0.15, 0.2) is 6.10 Å². The monoisotopic (exact) mass is 323 g/mol. The molecule has 0 saturated heterocycles. The molecule has 3 aromatic rings. The summed E-state index contributed by atoms with van der Waals surface area (Å²) in [5.41, 5.74) is 8.00. The molecular weight excluding hydrogens is 306 g/mol. The van der Waals surface area contributed by atoms with Gasteiger partial charge in [-0.15, -0.1) is 0 Å². The van der Waals surface area contributed by atoms with Crippen LogP contribution in [-0.2, 0) is 9.53 Å². The predicted octanol–water partition coefficient (Wildman–Crippen LogP) is 2.36. The van der Waals surface area contributed by atoms with Gasteiger partial charge in [0.25, 0.3) is 5.91 Å². The summed E-state index contributed by atoms with van der Waals surface area (Å²) in [6, 6.07) is 15.0. The number of para-hydroxylation sites is 1. The number of nitrogens with two attached hydrogens (primary N) is 1. The lowest BCUT2D eigenvalue weighted by Crippen LogP contribution is -2.30. The van der Waals surface area contributed by atoms with E-state index in [1.165, 1.54) is 6.92 Å². The summed E-state index contributed by atoms with van der Waals surface area (Å²) in [6.45, 7) is 3.34. The molecule has 122 valence electrons. The highest BCUT2D eigenvalue weighted by Gasteiger charge is 2.18. The highest BCUT2D eigenvalue weighted by Crippen LogP contribution is 2.22. The Morgan fingerprint density at radius 3 is 2.54 bits per heavy atom. The molecule has 1 amide bonds. The molecule has 2 aromatic carbocycles. The van der Waals surface area contributed by atoms with E-state index in [2.05, 4.69) is 4.98 Å². The summed E-state index contributed by atoms with van der Waals surface area (Å²) in [6.07, 6.45) is -0.975. The molecule has 1 unspecified atom stereocenters. The molecular formula is C18H17N3O3. The standard InChI is InChI=1S/C18H17N3O3/c1-11(17(19)22)24-18(23)13-8-9-16-15(10-13)20-12(2)21(16)14-6-4-3-5-7-14/h3-11H,1-2H3,(H2,19,22). The van der Waals surface area contributed by atoms with Crippen molar-refractivity contribution in [2.24, 2.45) is 5.73 Å². The highest BCUT2D eigenvalue weighted by atomic mass is 16.5. The average Bonchev–Trinajstić information content (AvgIpc) is 2.90. The van der Waals surface area contributed by atoms with E-state index in [0.717, 1.165) is 17.0 Å². The van der Waals surface area contributed by atoms with Crippen LogP contribution in [0, 0.1) is 6.92 Å². The number of hydrogen-bond acceptors (Lipinski definition) is 4. The fraction of sp³-hybridized carbons (Fsp3) is 0.167. The van der Waals surface area contributed by atoms with Gasteiger partial charge in [0.2, 0.25) is 0 Å². The van der Waals surface area contributed by atoms with Crippen molar-refractivity contribution in [2.45, 2.75) is 20.0 Å². The number of carbonyl (C=O) groups excluding carboxylic acids is 2. The van der Waals surface area contributed by atoms with Gasteiger partial charge >= 0.3 is 5.97 Å². The lowest BCUT2D eigenvalue weighted by atomic mass is 10.2. The largest absolute Gasteiger partial charge is 0.449 e. The zero-order valence-corrected chi connectivity index (χ0v) is 13.4. The Morgan fingerprint density at radius 1 is 1.17 bits per heavy atom. The number of fused-ring (bicyclic) bond motifs is 1. The maximum absolute atomic E-state index is 12.1. The summed E-state index contributed by atoms with van der Waals surface area (Å²) >= 11 is 0. The Morgan fingerprint density at radius 2 is 1.88 bits per heavy atom. The first-order chi connectivity index (χ1) is 11.5. The SMILES string of the molecule is Cc1nc2cc(C(=O)OC(C)C(N)=O)ccc2n1-c1ccccc1. The number of amides is 1. The van der Waals surface area contributed by atoms with Crippen LogP contribution in [0.4, 0.5) is 0 Å². The second kappa shape index (κ2) is 6.16. The van der Waals surface area contributed by atoms with Gasteiger partial charge in [-0.1, -0.05) is 18.2 Å². The fourth-order valence-electron chi connectivity index (χ4n) is 2.52. The number of primary amides is 1. The second-order valence-corrected chi connectivity index (χ2v) is 5.48. The van der Waals surface area contributed by atoms with Gasteiger partial charge in [0.1, 0.15) is 5.82 Å². The van der Waals surface area contributed by atoms with Crippen LogP contribution in [0.2, 0.25) is 0 Å². The maximum Gasteiger partial charge on any atom is 0.338 e. The third kappa shape index (κ3) is 2.86. The number of hydrogen-bond donors (Lipinski definition) is 1. The van der Waals surface area contributed by atoms with Crippen molar-refractivity contribution in [2.75, 3.05) is 0 Å². The highest BCUT2D eigenvalue weighted by molar-refractivity contribution is 5.95. The van der Waals surface area contributed by atoms with Crippen molar-refractivity contribution in [3.8, 4) is 5.69 Å². The van der Waals surface area contributed by atoms with Crippen molar-refractivity contribution in [3.63, 3.8) is 0 Å². The van der Waals surface area contributed by atoms with Gasteiger partial charge < -0.3 is 10.5 Å². The molecule has 0 aliphatic carbocycles. The molecule has 1 atom stereocenters. The number of ether oxygens (including phenoxy) is 1. The number of esters is 1. The summed E-state index contributed by atoms with van der Waals surface area (Å²) in [5, 5.41) is 0. The van der Waals surface area contributed by atoms with Crippen LogP contribution in [0.15, 0.2) is 48.5 Å². The van der Waals surface area contributed by atoms with E-state index in [9.17, 15) is 9.59 Å². The molecule has 24 heavy (non-hydrogen) atoms. The van der Waals surface area contributed by atoms with Gasteiger partial charge in [0.05, 0.1) is 16.6 Å². The third-order valence-electron chi connectivity index (χ3n) is 3.76. The fourth-order valence-corrected chi connectivity index (χ4v) is 2.52. The molecule has 1 aromatic heterocycles. The first-order valence-corrected chi connectivity index (χ1v) is 7.52. The quantitative estimate of drug-likeness (QED) is 0.747. The van der Waals surface area contributed by atoms with E-state index < -0.39 is 18.0 Å². The molecule has 0 spiro atoms. The van der Waals surface area contributed by atoms with Crippen LogP contribution in [0.3, 0.4) is 0 Å². The van der Waals surface area contributed by atoms with Crippen LogP contribution < -0.4 is 5.73 Å². The molecule has 1 heterocycles. The van der Waals surface area contributed by atoms with Crippen LogP contribution >= 0.6 is 0 Å². The molecule has 6 heteroatoms. The molecule has 0 bridgehead atoms. The predicted molar refractivity (Wildman–Crippen MR) is 89.9 cm³/mol. The van der Waals surface area contributed by atoms with Gasteiger partial charge in [-0.05, 0) is 44.2 Å². The number of imidazole rings is 1. The Labute approximate surface area is 138 Å². The van der Waals surface area contributed by atoms with Crippen molar-refractivity contribution in [1.82, 2.24) is 9.55 Å². The van der Waals surface area contributed by atoms with E-state index in [-0.39, 0.29) is 0 Å². The van der Waals surface area contributed by atoms with E-state index in [1.807, 2.05) is 47.9 Å². The van der Waals surface area contributed by atoms with Gasteiger partial charge in [-0.2, -0.15) is 0 Å². The molecule has 2 N–H and O–H groups in total. The lowest BCUT2D eigenvalue weighted by molar-refractivity contribution is -0.125. The number of rotatable bonds is 4. The minimum atomic E-state index is -0.975. The molecule has 3 rings (SSSR count). The lowest BCUT2D eigenvalue weighted by Gasteiger charge is -2.10. The first-order valence-electron chi connectivity index (χ1n) is 7.52. The smallest absolute Gasteiger partial charge is 0.338 e. The molecule has 0 aliphatic heterocycles. The number of nitrogens with zero attached hydrogens (tertiary/aromatic N) is 2. The van der Waals surface area contributed by atoms with E-state index >= 15 is 0 Å². The van der Waals surface area contributed by atoms with Crippen molar-refractivity contribution < 1.29 is 14.3 Å². The zero-order valence-electron chi connectivity index (χ0n) is 13.4. The zero-order chi connectivity index (χ0) is 17.3. The summed E-state index contributed by atoms with van der Waals surface area (Å²) in [4.78, 5) is 27.6. The van der Waals surface area contributed by atoms with E-state index in [4.69, 9.17) is 10.5 Å². The van der Waals surface area contributed by atoms with Crippen molar-refractivity contribution in [3.05, 3.63) is 59.9 Å². The number of aryl methyl sites for hydroxylation is 1. The van der Waals surface area contributed by atoms with Crippen molar-refractivity contribution >= 4 is 22.9 Å². The Balaban J connectivity index is 1.99. The number of benzene rings is 2. The molecule has 0 fully saturated rings. The molecule has 0 aliphatic rings. The molecule has 0 radical (unpaired) electrons. The van der Waals surface area contributed by atoms with Gasteiger partial charge in [-0.3, -0.25) is 9.36 Å². The Bertz CT molecular complexity index is 916. The minimum Gasteiger partial charge on any atom is -0.449 e. The number of aromatic nitrogens is 2. The van der Waals surface area contributed by atoms with Gasteiger partial charge in [-0.25, -0.2) is 9.78 Å². The topological polar surface area (TPSA) is 87.2 Å². The van der Waals surface area contributed by atoms with Gasteiger partial charge in [0, 0.05) is 5.69 Å².